The number of nitrogens with one attached hydrogen (secondary N) is 1. The summed E-state index contributed by atoms with van der Waals surface area (Å²) in [7, 11) is 0. The predicted octanol–water partition coefficient (Wildman–Crippen LogP) is 9.92. The molecule has 1 saturated heterocycles. The van der Waals surface area contributed by atoms with E-state index in [9.17, 15) is 9.90 Å². The van der Waals surface area contributed by atoms with E-state index < -0.39 is 6.29 Å². The maximum atomic E-state index is 12.6. The Kier molecular flexibility index (Phi) is 17.3. The van der Waals surface area contributed by atoms with Gasteiger partial charge < -0.3 is 24.8 Å². The van der Waals surface area contributed by atoms with Crippen LogP contribution >= 0.6 is 0 Å². The molecular formula is C43H62N2O4. The Hall–Kier alpha value is -3.03. The number of aliphatic hydroxyl groups is 1. The molecule has 0 radical (unpaired) electrons. The highest BCUT2D eigenvalue weighted by molar-refractivity contribution is 5.94. The fraction of sp³-hybridized carbons (Fsp3) is 0.558. The molecular weight excluding hydrogens is 608 g/mol. The summed E-state index contributed by atoms with van der Waals surface area (Å²) in [6.45, 7) is 10.4. The fourth-order valence-electron chi connectivity index (χ4n) is 6.77. The molecule has 268 valence electrons. The third kappa shape index (κ3) is 13.0. The van der Waals surface area contributed by atoms with Crippen molar-refractivity contribution in [2.45, 2.75) is 129 Å². The SMILES string of the molecule is CCCCCCCCN(CCCCCCCC)C[C@H]1O[C@@H](c2ccc(CNC(=O)c3ccccc3)cc2)O[C@@H](c2ccc(CO)cc2)[C@H]1C. The Bertz CT molecular complexity index is 1300. The number of aliphatic hydroxyl groups excluding tert-OH is 1. The molecule has 1 heterocycles. The van der Waals surface area contributed by atoms with Crippen molar-refractivity contribution in [3.8, 4) is 0 Å². The molecule has 0 aromatic heterocycles. The van der Waals surface area contributed by atoms with Crippen LogP contribution in [-0.2, 0) is 22.6 Å². The smallest absolute Gasteiger partial charge is 0.251 e. The van der Waals surface area contributed by atoms with Gasteiger partial charge >= 0.3 is 0 Å². The topological polar surface area (TPSA) is 71.0 Å². The molecule has 0 bridgehead atoms. The van der Waals surface area contributed by atoms with Gasteiger partial charge in [0.1, 0.15) is 0 Å². The zero-order chi connectivity index (χ0) is 34.7. The third-order valence-corrected chi connectivity index (χ3v) is 9.96. The molecule has 1 amide bonds. The number of carbonyl (C=O) groups is 1. The first-order chi connectivity index (χ1) is 24.0. The molecule has 3 aromatic rings. The van der Waals surface area contributed by atoms with Crippen LogP contribution in [0.5, 0.6) is 0 Å². The van der Waals surface area contributed by atoms with Crippen molar-refractivity contribution < 1.29 is 19.4 Å². The average Bonchev–Trinajstić information content (AvgIpc) is 3.14. The molecule has 0 unspecified atom stereocenters. The summed E-state index contributed by atoms with van der Waals surface area (Å²) in [6.07, 6.45) is 15.0. The van der Waals surface area contributed by atoms with Crippen molar-refractivity contribution in [2.75, 3.05) is 19.6 Å². The van der Waals surface area contributed by atoms with Crippen LogP contribution in [0.1, 0.15) is 143 Å². The Morgan fingerprint density at radius 3 is 1.84 bits per heavy atom. The standard InChI is InChI=1S/C43H62N2O4/c1-4-6-8-10-12-17-29-45(30-18-13-11-9-7-5-2)32-40-34(3)41(37-25-23-36(33-46)24-26-37)49-43(48-40)39-27-21-35(22-28-39)31-44-42(47)38-19-15-14-16-20-38/h14-16,19-28,34,40-41,43,46H,4-13,17-18,29-33H2,1-3H3,(H,44,47)/t34-,40+,41+,43+/m0/s1. The highest BCUT2D eigenvalue weighted by Crippen LogP contribution is 2.42. The van der Waals surface area contributed by atoms with E-state index in [0.717, 1.165) is 41.9 Å². The fourth-order valence-corrected chi connectivity index (χ4v) is 6.77. The molecule has 0 spiro atoms. The van der Waals surface area contributed by atoms with Gasteiger partial charge in [0.15, 0.2) is 6.29 Å². The zero-order valence-electron chi connectivity index (χ0n) is 30.5. The summed E-state index contributed by atoms with van der Waals surface area (Å²) in [6, 6.07) is 25.7. The van der Waals surface area contributed by atoms with E-state index in [4.69, 9.17) is 9.47 Å². The molecule has 3 aromatic carbocycles. The van der Waals surface area contributed by atoms with Gasteiger partial charge in [-0.3, -0.25) is 4.79 Å². The molecule has 2 N–H and O–H groups in total. The van der Waals surface area contributed by atoms with Gasteiger partial charge in [0.2, 0.25) is 0 Å². The largest absolute Gasteiger partial charge is 0.392 e. The third-order valence-electron chi connectivity index (χ3n) is 9.96. The number of hydrogen-bond acceptors (Lipinski definition) is 5. The van der Waals surface area contributed by atoms with Crippen LogP contribution in [0.4, 0.5) is 0 Å². The Labute approximate surface area is 296 Å². The number of amides is 1. The van der Waals surface area contributed by atoms with E-state index in [0.29, 0.717) is 12.1 Å². The highest BCUT2D eigenvalue weighted by Gasteiger charge is 2.39. The van der Waals surface area contributed by atoms with Crippen LogP contribution in [0.15, 0.2) is 78.9 Å². The molecule has 4 rings (SSSR count). The first-order valence-electron chi connectivity index (χ1n) is 19.2. The molecule has 6 heteroatoms. The molecule has 1 fully saturated rings. The molecule has 0 saturated carbocycles. The van der Waals surface area contributed by atoms with E-state index in [-0.39, 0.29) is 30.6 Å². The van der Waals surface area contributed by atoms with Gasteiger partial charge in [0.25, 0.3) is 5.91 Å². The first-order valence-corrected chi connectivity index (χ1v) is 19.2. The van der Waals surface area contributed by atoms with E-state index >= 15 is 0 Å². The molecule has 1 aliphatic heterocycles. The molecule has 1 aliphatic rings. The predicted molar refractivity (Wildman–Crippen MR) is 200 cm³/mol. The Balaban J connectivity index is 1.46. The number of nitrogens with zero attached hydrogens (tertiary/aromatic N) is 1. The van der Waals surface area contributed by atoms with Crippen LogP contribution in [0.2, 0.25) is 0 Å². The Morgan fingerprint density at radius 2 is 1.24 bits per heavy atom. The minimum absolute atomic E-state index is 0.00582. The van der Waals surface area contributed by atoms with Crippen molar-refractivity contribution in [1.29, 1.82) is 0 Å². The zero-order valence-corrected chi connectivity index (χ0v) is 30.5. The number of unbranched alkanes of at least 4 members (excludes halogenated alkanes) is 10. The number of ether oxygens (including phenoxy) is 2. The number of benzene rings is 3. The molecule has 6 nitrogen and oxygen atoms in total. The quantitative estimate of drug-likeness (QED) is 0.104. The van der Waals surface area contributed by atoms with Gasteiger partial charge in [-0.1, -0.05) is 152 Å². The molecule has 0 aliphatic carbocycles. The lowest BCUT2D eigenvalue weighted by atomic mass is 9.90. The summed E-state index contributed by atoms with van der Waals surface area (Å²) >= 11 is 0. The minimum Gasteiger partial charge on any atom is -0.392 e. The minimum atomic E-state index is -0.499. The van der Waals surface area contributed by atoms with Crippen molar-refractivity contribution in [1.82, 2.24) is 10.2 Å². The summed E-state index contributed by atoms with van der Waals surface area (Å²) < 4.78 is 13.6. The van der Waals surface area contributed by atoms with E-state index in [1.54, 1.807) is 0 Å². The summed E-state index contributed by atoms with van der Waals surface area (Å²) in [4.78, 5) is 15.2. The molecule has 49 heavy (non-hydrogen) atoms. The van der Waals surface area contributed by atoms with Gasteiger partial charge in [-0.25, -0.2) is 0 Å². The lowest BCUT2D eigenvalue weighted by Crippen LogP contribution is -2.45. The maximum Gasteiger partial charge on any atom is 0.251 e. The second-order valence-corrected chi connectivity index (χ2v) is 13.9. The second-order valence-electron chi connectivity index (χ2n) is 13.9. The van der Waals surface area contributed by atoms with Crippen LogP contribution in [0.3, 0.4) is 0 Å². The van der Waals surface area contributed by atoms with Gasteiger partial charge in [-0.05, 0) is 54.8 Å². The van der Waals surface area contributed by atoms with Gasteiger partial charge in [0.05, 0.1) is 18.8 Å². The summed E-state index contributed by atoms with van der Waals surface area (Å²) in [5.41, 5.74) is 4.67. The number of carbonyl (C=O) groups excluding carboxylic acids is 1. The van der Waals surface area contributed by atoms with Crippen LogP contribution in [0.25, 0.3) is 0 Å². The Morgan fingerprint density at radius 1 is 0.694 bits per heavy atom. The second kappa shape index (κ2) is 21.9. The van der Waals surface area contributed by atoms with Gasteiger partial charge in [0, 0.05) is 30.1 Å². The van der Waals surface area contributed by atoms with Crippen molar-refractivity contribution in [3.05, 3.63) is 107 Å². The van der Waals surface area contributed by atoms with Crippen molar-refractivity contribution >= 4 is 5.91 Å². The highest BCUT2D eigenvalue weighted by atomic mass is 16.7. The van der Waals surface area contributed by atoms with Crippen LogP contribution < -0.4 is 5.32 Å². The molecule has 4 atom stereocenters. The van der Waals surface area contributed by atoms with Crippen molar-refractivity contribution in [2.24, 2.45) is 5.92 Å². The van der Waals surface area contributed by atoms with Gasteiger partial charge in [-0.15, -0.1) is 0 Å². The first kappa shape index (κ1) is 38.8. The number of rotatable bonds is 22. The van der Waals surface area contributed by atoms with Crippen molar-refractivity contribution in [3.63, 3.8) is 0 Å². The number of hydrogen-bond donors (Lipinski definition) is 2. The normalized spacial score (nSPS) is 19.3. The lowest BCUT2D eigenvalue weighted by Gasteiger charge is -2.43. The summed E-state index contributed by atoms with van der Waals surface area (Å²) in [5.74, 6) is 0.0716. The van der Waals surface area contributed by atoms with Gasteiger partial charge in [-0.2, -0.15) is 0 Å². The maximum absolute atomic E-state index is 12.6. The van der Waals surface area contributed by atoms with E-state index in [1.165, 1.54) is 77.0 Å². The lowest BCUT2D eigenvalue weighted by molar-refractivity contribution is -0.276. The van der Waals surface area contributed by atoms with E-state index in [1.807, 2.05) is 42.5 Å². The van der Waals surface area contributed by atoms with Crippen LogP contribution in [0, 0.1) is 5.92 Å². The summed E-state index contributed by atoms with van der Waals surface area (Å²) in [5, 5.41) is 12.7. The average molecular weight is 671 g/mol. The van der Waals surface area contributed by atoms with Crippen LogP contribution in [-0.4, -0.2) is 41.7 Å². The monoisotopic (exact) mass is 670 g/mol. The van der Waals surface area contributed by atoms with E-state index in [2.05, 4.69) is 67.4 Å².